The van der Waals surface area contributed by atoms with Crippen molar-refractivity contribution in [2.24, 2.45) is 5.92 Å². The van der Waals surface area contributed by atoms with Crippen molar-refractivity contribution in [1.82, 2.24) is 15.2 Å². The maximum atomic E-state index is 12.3. The number of likely N-dealkylation sites (tertiary alicyclic amines) is 1. The number of pyridine rings is 1. The zero-order valence-corrected chi connectivity index (χ0v) is 14.0. The SMILES string of the molecule is O=C(NCC1CCN(C(=O)C=C2CCCC2)CC1)c1cccnc1. The maximum absolute atomic E-state index is 12.3. The Labute approximate surface area is 143 Å². The van der Waals surface area contributed by atoms with E-state index in [4.69, 9.17) is 0 Å². The van der Waals surface area contributed by atoms with Crippen molar-refractivity contribution in [3.63, 3.8) is 0 Å². The molecule has 0 unspecified atom stereocenters. The summed E-state index contributed by atoms with van der Waals surface area (Å²) in [6.07, 6.45) is 11.6. The van der Waals surface area contributed by atoms with E-state index in [0.717, 1.165) is 38.8 Å². The Balaban J connectivity index is 1.41. The molecule has 1 N–H and O–H groups in total. The quantitative estimate of drug-likeness (QED) is 0.865. The topological polar surface area (TPSA) is 62.3 Å². The van der Waals surface area contributed by atoms with Gasteiger partial charge in [-0.3, -0.25) is 14.6 Å². The molecule has 0 aromatic carbocycles. The molecule has 5 heteroatoms. The zero-order chi connectivity index (χ0) is 16.8. The van der Waals surface area contributed by atoms with Gasteiger partial charge < -0.3 is 10.2 Å². The standard InChI is InChI=1S/C19H25N3O2/c23-18(12-15-4-1-2-5-15)22-10-7-16(8-11-22)13-21-19(24)17-6-3-9-20-14-17/h3,6,9,12,14,16H,1-2,4-5,7-8,10-11,13H2,(H,21,24). The Bertz CT molecular complexity index is 596. The van der Waals surface area contributed by atoms with Gasteiger partial charge in [0, 0.05) is 38.1 Å². The molecule has 24 heavy (non-hydrogen) atoms. The van der Waals surface area contributed by atoms with Gasteiger partial charge in [-0.25, -0.2) is 0 Å². The number of hydrogen-bond acceptors (Lipinski definition) is 3. The van der Waals surface area contributed by atoms with Gasteiger partial charge in [0.25, 0.3) is 5.91 Å². The minimum Gasteiger partial charge on any atom is -0.352 e. The van der Waals surface area contributed by atoms with Gasteiger partial charge in [0.15, 0.2) is 0 Å². The van der Waals surface area contributed by atoms with E-state index in [1.807, 2.05) is 11.0 Å². The fraction of sp³-hybridized carbons (Fsp3) is 0.526. The maximum Gasteiger partial charge on any atom is 0.252 e. The van der Waals surface area contributed by atoms with Crippen molar-refractivity contribution < 1.29 is 9.59 Å². The third-order valence-electron chi connectivity index (χ3n) is 4.97. The minimum absolute atomic E-state index is 0.0763. The lowest BCUT2D eigenvalue weighted by Gasteiger charge is -2.31. The molecule has 0 bridgehead atoms. The summed E-state index contributed by atoms with van der Waals surface area (Å²) in [5.41, 5.74) is 1.90. The van der Waals surface area contributed by atoms with Crippen LogP contribution in [0.5, 0.6) is 0 Å². The first-order valence-corrected chi connectivity index (χ1v) is 8.89. The number of rotatable bonds is 4. The number of nitrogens with zero attached hydrogens (tertiary/aromatic N) is 2. The number of carbonyl (C=O) groups is 2. The molecule has 2 fully saturated rings. The third kappa shape index (κ3) is 4.43. The predicted molar refractivity (Wildman–Crippen MR) is 92.4 cm³/mol. The average molecular weight is 327 g/mol. The van der Waals surface area contributed by atoms with Crippen LogP contribution >= 0.6 is 0 Å². The molecule has 1 aliphatic heterocycles. The molecule has 1 aromatic rings. The van der Waals surface area contributed by atoms with Crippen molar-refractivity contribution in [2.45, 2.75) is 38.5 Å². The summed E-state index contributed by atoms with van der Waals surface area (Å²) < 4.78 is 0. The lowest BCUT2D eigenvalue weighted by atomic mass is 9.96. The normalized spacial score (nSPS) is 18.5. The predicted octanol–water partition coefficient (Wildman–Crippen LogP) is 2.55. The van der Waals surface area contributed by atoms with E-state index in [9.17, 15) is 9.59 Å². The molecule has 2 heterocycles. The fourth-order valence-electron chi connectivity index (χ4n) is 3.43. The van der Waals surface area contributed by atoms with Gasteiger partial charge >= 0.3 is 0 Å². The van der Waals surface area contributed by atoms with Crippen molar-refractivity contribution in [3.05, 3.63) is 41.7 Å². The monoisotopic (exact) mass is 327 g/mol. The van der Waals surface area contributed by atoms with Crippen LogP contribution in [0, 0.1) is 5.92 Å². The largest absolute Gasteiger partial charge is 0.352 e. The second-order valence-corrected chi connectivity index (χ2v) is 6.73. The van der Waals surface area contributed by atoms with Crippen LogP contribution < -0.4 is 5.32 Å². The fourth-order valence-corrected chi connectivity index (χ4v) is 3.43. The summed E-state index contributed by atoms with van der Waals surface area (Å²) in [5.74, 6) is 0.533. The summed E-state index contributed by atoms with van der Waals surface area (Å²) >= 11 is 0. The summed E-state index contributed by atoms with van der Waals surface area (Å²) in [7, 11) is 0. The molecule has 1 aliphatic carbocycles. The molecule has 0 radical (unpaired) electrons. The van der Waals surface area contributed by atoms with E-state index in [1.54, 1.807) is 24.5 Å². The van der Waals surface area contributed by atoms with E-state index in [2.05, 4.69) is 10.3 Å². The van der Waals surface area contributed by atoms with Crippen LogP contribution in [0.4, 0.5) is 0 Å². The van der Waals surface area contributed by atoms with E-state index in [0.29, 0.717) is 18.0 Å². The van der Waals surface area contributed by atoms with Gasteiger partial charge in [-0.1, -0.05) is 5.57 Å². The van der Waals surface area contributed by atoms with E-state index in [1.165, 1.54) is 18.4 Å². The summed E-state index contributed by atoms with van der Waals surface area (Å²) in [5, 5.41) is 2.98. The highest BCUT2D eigenvalue weighted by atomic mass is 16.2. The second-order valence-electron chi connectivity index (χ2n) is 6.73. The Hall–Kier alpha value is -2.17. The molecule has 1 saturated heterocycles. The summed E-state index contributed by atoms with van der Waals surface area (Å²) in [6.45, 7) is 2.24. The second kappa shape index (κ2) is 8.08. The Morgan fingerprint density at radius 3 is 2.67 bits per heavy atom. The van der Waals surface area contributed by atoms with Crippen molar-refractivity contribution >= 4 is 11.8 Å². The number of nitrogens with one attached hydrogen (secondary N) is 1. The van der Waals surface area contributed by atoms with Crippen LogP contribution in [0.1, 0.15) is 48.9 Å². The van der Waals surface area contributed by atoms with Gasteiger partial charge in [-0.05, 0) is 56.6 Å². The highest BCUT2D eigenvalue weighted by Crippen LogP contribution is 2.24. The Kier molecular flexibility index (Phi) is 5.62. The van der Waals surface area contributed by atoms with Crippen LogP contribution in [0.2, 0.25) is 0 Å². The molecular formula is C19H25N3O2. The third-order valence-corrected chi connectivity index (χ3v) is 4.97. The highest BCUT2D eigenvalue weighted by Gasteiger charge is 2.23. The van der Waals surface area contributed by atoms with Crippen LogP contribution in [0.15, 0.2) is 36.2 Å². The number of piperidine rings is 1. The van der Waals surface area contributed by atoms with Crippen molar-refractivity contribution in [3.8, 4) is 0 Å². The first-order chi connectivity index (χ1) is 11.7. The van der Waals surface area contributed by atoms with E-state index in [-0.39, 0.29) is 11.8 Å². The number of amides is 2. The summed E-state index contributed by atoms with van der Waals surface area (Å²) in [6, 6.07) is 3.53. The van der Waals surface area contributed by atoms with E-state index < -0.39 is 0 Å². The molecule has 128 valence electrons. The van der Waals surface area contributed by atoms with Gasteiger partial charge in [0.05, 0.1) is 5.56 Å². The van der Waals surface area contributed by atoms with Crippen molar-refractivity contribution in [1.29, 1.82) is 0 Å². The van der Waals surface area contributed by atoms with Crippen LogP contribution in [-0.2, 0) is 4.79 Å². The van der Waals surface area contributed by atoms with Crippen LogP contribution in [-0.4, -0.2) is 41.3 Å². The summed E-state index contributed by atoms with van der Waals surface area (Å²) in [4.78, 5) is 30.2. The molecule has 0 spiro atoms. The van der Waals surface area contributed by atoms with Gasteiger partial charge in [0.1, 0.15) is 0 Å². The minimum atomic E-state index is -0.0763. The molecule has 2 amide bonds. The van der Waals surface area contributed by atoms with Gasteiger partial charge in [0.2, 0.25) is 5.91 Å². The molecule has 1 aromatic heterocycles. The van der Waals surface area contributed by atoms with Crippen LogP contribution in [0.25, 0.3) is 0 Å². The first kappa shape index (κ1) is 16.7. The van der Waals surface area contributed by atoms with Crippen LogP contribution in [0.3, 0.4) is 0 Å². The lowest BCUT2D eigenvalue weighted by molar-refractivity contribution is -0.127. The molecule has 3 rings (SSSR count). The highest BCUT2D eigenvalue weighted by molar-refractivity contribution is 5.93. The average Bonchev–Trinajstić information content (AvgIpc) is 3.14. The first-order valence-electron chi connectivity index (χ1n) is 8.89. The number of aromatic nitrogens is 1. The Morgan fingerprint density at radius 2 is 2.00 bits per heavy atom. The molecule has 0 atom stereocenters. The molecule has 5 nitrogen and oxygen atoms in total. The smallest absolute Gasteiger partial charge is 0.252 e. The number of allylic oxidation sites excluding steroid dienone is 1. The molecule has 1 saturated carbocycles. The van der Waals surface area contributed by atoms with Crippen molar-refractivity contribution in [2.75, 3.05) is 19.6 Å². The Morgan fingerprint density at radius 1 is 1.25 bits per heavy atom. The number of carbonyl (C=O) groups excluding carboxylic acids is 2. The van der Waals surface area contributed by atoms with Gasteiger partial charge in [-0.15, -0.1) is 0 Å². The molecule has 2 aliphatic rings. The number of hydrogen-bond donors (Lipinski definition) is 1. The zero-order valence-electron chi connectivity index (χ0n) is 14.0. The van der Waals surface area contributed by atoms with E-state index >= 15 is 0 Å². The lowest BCUT2D eigenvalue weighted by Crippen LogP contribution is -2.41. The van der Waals surface area contributed by atoms with Gasteiger partial charge in [-0.2, -0.15) is 0 Å². The molecular weight excluding hydrogens is 302 g/mol.